The molecule has 0 spiro atoms. The lowest BCUT2D eigenvalue weighted by Crippen LogP contribution is -2.69. The Balaban J connectivity index is 3.01. The first kappa shape index (κ1) is 10.7. The van der Waals surface area contributed by atoms with E-state index in [1.807, 2.05) is 5.32 Å². The van der Waals surface area contributed by atoms with E-state index in [0.717, 1.165) is 7.11 Å². The lowest BCUT2D eigenvalue weighted by molar-refractivity contribution is -0.153. The van der Waals surface area contributed by atoms with E-state index in [9.17, 15) is 19.5 Å². The average molecular weight is 223 g/mol. The van der Waals surface area contributed by atoms with E-state index >= 15 is 0 Å². The smallest absolute Gasteiger partial charge is 0.341 e. The lowest BCUT2D eigenvalue weighted by Gasteiger charge is -2.32. The summed E-state index contributed by atoms with van der Waals surface area (Å²) in [5.41, 5.74) is 0. The van der Waals surface area contributed by atoms with Gasteiger partial charge in [0, 0.05) is 0 Å². The SMILES string of the molecule is COC(=O)C1(Cl)C(=O)NC(=O)NC1O. The van der Waals surface area contributed by atoms with Gasteiger partial charge in [-0.15, -0.1) is 0 Å². The minimum Gasteiger partial charge on any atom is -0.467 e. The molecule has 0 saturated carbocycles. The van der Waals surface area contributed by atoms with E-state index in [1.165, 1.54) is 0 Å². The highest BCUT2D eigenvalue weighted by atomic mass is 35.5. The van der Waals surface area contributed by atoms with Gasteiger partial charge in [0.05, 0.1) is 7.11 Å². The van der Waals surface area contributed by atoms with Crippen molar-refractivity contribution in [3.8, 4) is 0 Å². The Hall–Kier alpha value is -1.34. The summed E-state index contributed by atoms with van der Waals surface area (Å²) in [7, 11) is 1.00. The van der Waals surface area contributed by atoms with Crippen molar-refractivity contribution in [2.45, 2.75) is 11.1 Å². The number of urea groups is 1. The van der Waals surface area contributed by atoms with Crippen molar-refractivity contribution in [3.63, 3.8) is 0 Å². The van der Waals surface area contributed by atoms with Crippen LogP contribution in [0.1, 0.15) is 0 Å². The molecule has 1 saturated heterocycles. The number of rotatable bonds is 1. The maximum absolute atomic E-state index is 11.2. The number of hydrogen-bond donors (Lipinski definition) is 3. The van der Waals surface area contributed by atoms with Gasteiger partial charge in [-0.3, -0.25) is 10.1 Å². The maximum atomic E-state index is 11.2. The Morgan fingerprint density at radius 2 is 2.21 bits per heavy atom. The summed E-state index contributed by atoms with van der Waals surface area (Å²) in [6.07, 6.45) is -1.82. The number of carbonyl (C=O) groups is 3. The third-order valence-corrected chi connectivity index (χ3v) is 2.22. The molecule has 2 atom stereocenters. The van der Waals surface area contributed by atoms with Crippen molar-refractivity contribution in [2.75, 3.05) is 7.11 Å². The van der Waals surface area contributed by atoms with Gasteiger partial charge in [-0.05, 0) is 0 Å². The zero-order valence-corrected chi connectivity index (χ0v) is 7.79. The first-order valence-corrected chi connectivity index (χ1v) is 3.88. The second-order valence-electron chi connectivity index (χ2n) is 2.53. The zero-order chi connectivity index (χ0) is 10.9. The van der Waals surface area contributed by atoms with E-state index in [4.69, 9.17) is 11.6 Å². The number of aliphatic hydroxyl groups is 1. The number of nitrogens with one attached hydrogen (secondary N) is 2. The van der Waals surface area contributed by atoms with Gasteiger partial charge in [-0.25, -0.2) is 9.59 Å². The maximum Gasteiger partial charge on any atom is 0.341 e. The summed E-state index contributed by atoms with van der Waals surface area (Å²) < 4.78 is 4.23. The Morgan fingerprint density at radius 3 is 2.64 bits per heavy atom. The molecule has 1 aliphatic rings. The highest BCUT2D eigenvalue weighted by Gasteiger charge is 2.56. The van der Waals surface area contributed by atoms with Crippen LogP contribution in [0.5, 0.6) is 0 Å². The Bertz CT molecular complexity index is 307. The number of imide groups is 1. The van der Waals surface area contributed by atoms with Crippen LogP contribution in [0.4, 0.5) is 4.79 Å². The molecule has 2 unspecified atom stereocenters. The van der Waals surface area contributed by atoms with Crippen molar-refractivity contribution in [3.05, 3.63) is 0 Å². The largest absolute Gasteiger partial charge is 0.467 e. The van der Waals surface area contributed by atoms with Gasteiger partial charge in [0.15, 0.2) is 6.23 Å². The molecular formula is C6H7ClN2O5. The number of halogens is 1. The monoisotopic (exact) mass is 222 g/mol. The van der Waals surface area contributed by atoms with Crippen LogP contribution in [0.25, 0.3) is 0 Å². The summed E-state index contributed by atoms with van der Waals surface area (Å²) in [6.45, 7) is 0. The second-order valence-corrected chi connectivity index (χ2v) is 3.13. The van der Waals surface area contributed by atoms with Gasteiger partial charge >= 0.3 is 12.0 Å². The number of carbonyl (C=O) groups excluding carboxylic acids is 3. The number of aliphatic hydroxyl groups excluding tert-OH is 1. The molecule has 0 aromatic heterocycles. The molecule has 1 aliphatic heterocycles. The first-order chi connectivity index (χ1) is 6.42. The van der Waals surface area contributed by atoms with Crippen molar-refractivity contribution >= 4 is 29.5 Å². The second kappa shape index (κ2) is 3.43. The fourth-order valence-corrected chi connectivity index (χ4v) is 1.11. The molecule has 1 fully saturated rings. The molecule has 1 heterocycles. The molecule has 7 nitrogen and oxygen atoms in total. The summed E-state index contributed by atoms with van der Waals surface area (Å²) in [6, 6.07) is -0.928. The van der Waals surface area contributed by atoms with Gasteiger partial charge in [-0.1, -0.05) is 11.6 Å². The number of esters is 1. The van der Waals surface area contributed by atoms with Crippen molar-refractivity contribution in [1.29, 1.82) is 0 Å². The molecule has 0 aromatic carbocycles. The van der Waals surface area contributed by atoms with Crippen LogP contribution >= 0.6 is 11.6 Å². The topological polar surface area (TPSA) is 105 Å². The van der Waals surface area contributed by atoms with Gasteiger partial charge in [0.25, 0.3) is 10.8 Å². The molecular weight excluding hydrogens is 216 g/mol. The van der Waals surface area contributed by atoms with Crippen molar-refractivity contribution in [1.82, 2.24) is 10.6 Å². The van der Waals surface area contributed by atoms with E-state index in [-0.39, 0.29) is 0 Å². The number of alkyl halides is 1. The molecule has 1 rings (SSSR count). The summed E-state index contributed by atoms with van der Waals surface area (Å²) in [4.78, 5) is 30.6. The van der Waals surface area contributed by atoms with Crippen LogP contribution in [0.3, 0.4) is 0 Å². The van der Waals surface area contributed by atoms with Crippen molar-refractivity contribution < 1.29 is 24.2 Å². The van der Waals surface area contributed by atoms with E-state index in [0.29, 0.717) is 0 Å². The molecule has 0 radical (unpaired) electrons. The van der Waals surface area contributed by atoms with Gasteiger partial charge in [0.2, 0.25) is 0 Å². The molecule has 0 aliphatic carbocycles. The van der Waals surface area contributed by atoms with E-state index < -0.39 is 29.0 Å². The minimum atomic E-state index is -2.33. The molecule has 3 N–H and O–H groups in total. The number of ether oxygens (including phenoxy) is 1. The third kappa shape index (κ3) is 1.40. The fraction of sp³-hybridized carbons (Fsp3) is 0.500. The van der Waals surface area contributed by atoms with Crippen LogP contribution in [-0.2, 0) is 14.3 Å². The van der Waals surface area contributed by atoms with Gasteiger partial charge < -0.3 is 15.2 Å². The Kier molecular flexibility index (Phi) is 2.63. The summed E-state index contributed by atoms with van der Waals surface area (Å²) >= 11 is 5.54. The molecule has 8 heteroatoms. The first-order valence-electron chi connectivity index (χ1n) is 3.50. The summed E-state index contributed by atoms with van der Waals surface area (Å²) in [5.74, 6) is -2.27. The third-order valence-electron chi connectivity index (χ3n) is 1.68. The van der Waals surface area contributed by atoms with E-state index in [2.05, 4.69) is 4.74 Å². The highest BCUT2D eigenvalue weighted by Crippen LogP contribution is 2.23. The zero-order valence-electron chi connectivity index (χ0n) is 7.04. The molecule has 0 aromatic rings. The van der Waals surface area contributed by atoms with Crippen LogP contribution < -0.4 is 10.6 Å². The molecule has 14 heavy (non-hydrogen) atoms. The quantitative estimate of drug-likeness (QED) is 0.279. The molecule has 78 valence electrons. The van der Waals surface area contributed by atoms with Crippen LogP contribution in [0.2, 0.25) is 0 Å². The highest BCUT2D eigenvalue weighted by molar-refractivity contribution is 6.47. The average Bonchev–Trinajstić information content (AvgIpc) is 2.12. The minimum absolute atomic E-state index is 0.928. The predicted molar refractivity (Wildman–Crippen MR) is 43.3 cm³/mol. The fourth-order valence-electron chi connectivity index (χ4n) is 0.931. The predicted octanol–water partition coefficient (Wildman–Crippen LogP) is -1.71. The van der Waals surface area contributed by atoms with Crippen LogP contribution in [0.15, 0.2) is 0 Å². The normalized spacial score (nSPS) is 31.8. The van der Waals surface area contributed by atoms with Gasteiger partial charge in [-0.2, -0.15) is 0 Å². The Labute approximate surface area is 83.4 Å². The van der Waals surface area contributed by atoms with Gasteiger partial charge in [0.1, 0.15) is 0 Å². The molecule has 0 bridgehead atoms. The Morgan fingerprint density at radius 1 is 1.64 bits per heavy atom. The summed E-state index contributed by atoms with van der Waals surface area (Å²) in [5, 5.41) is 12.8. The van der Waals surface area contributed by atoms with Crippen LogP contribution in [-0.4, -0.2) is 41.2 Å². The molecule has 3 amide bonds. The number of amides is 3. The lowest BCUT2D eigenvalue weighted by atomic mass is 10.0. The van der Waals surface area contributed by atoms with Crippen LogP contribution in [0, 0.1) is 0 Å². The van der Waals surface area contributed by atoms with Crippen molar-refractivity contribution in [2.24, 2.45) is 0 Å². The number of methoxy groups -OCH3 is 1. The standard InChI is InChI=1S/C6H7ClN2O5/c1-14-4(12)6(7)2(10)8-5(13)9-3(6)11/h2,10H,1H3,(H2,8,9,11,13). The number of hydrogen-bond acceptors (Lipinski definition) is 5. The van der Waals surface area contributed by atoms with E-state index in [1.54, 1.807) is 5.32 Å².